The highest BCUT2D eigenvalue weighted by molar-refractivity contribution is 5.39. The number of hydrogen-bond acceptors (Lipinski definition) is 4. The number of rotatable bonds is 4. The van der Waals surface area contributed by atoms with Crippen molar-refractivity contribution in [3.8, 4) is 0 Å². The first kappa shape index (κ1) is 17.9. The van der Waals surface area contributed by atoms with Crippen molar-refractivity contribution in [2.75, 3.05) is 26.2 Å². The maximum absolute atomic E-state index is 12.4. The van der Waals surface area contributed by atoms with E-state index in [2.05, 4.69) is 46.0 Å². The number of pyridine rings is 1. The predicted octanol–water partition coefficient (Wildman–Crippen LogP) is 2.63. The lowest BCUT2D eigenvalue weighted by molar-refractivity contribution is 0.121. The molecule has 0 radical (unpaired) electrons. The number of fused-ring (bicyclic) bond motifs is 1. The monoisotopic (exact) mass is 362 g/mol. The van der Waals surface area contributed by atoms with Gasteiger partial charge >= 0.3 is 0 Å². The second-order valence-corrected chi connectivity index (χ2v) is 7.56. The molecule has 1 fully saturated rings. The molecule has 0 aliphatic carbocycles. The first-order valence-electron chi connectivity index (χ1n) is 9.56. The minimum Gasteiger partial charge on any atom is -0.297 e. The Morgan fingerprint density at radius 3 is 2.37 bits per heavy atom. The predicted molar refractivity (Wildman–Crippen MR) is 108 cm³/mol. The van der Waals surface area contributed by atoms with Gasteiger partial charge in [-0.15, -0.1) is 0 Å². The van der Waals surface area contributed by atoms with Gasteiger partial charge in [0.25, 0.3) is 5.56 Å². The Bertz CT molecular complexity index is 1000. The van der Waals surface area contributed by atoms with Crippen LogP contribution in [0.5, 0.6) is 0 Å². The van der Waals surface area contributed by atoms with Crippen LogP contribution in [0.15, 0.2) is 53.5 Å². The van der Waals surface area contributed by atoms with Gasteiger partial charge in [0.1, 0.15) is 5.65 Å². The molecular weight excluding hydrogens is 336 g/mol. The molecule has 0 atom stereocenters. The van der Waals surface area contributed by atoms with Gasteiger partial charge in [-0.05, 0) is 31.0 Å². The minimum atomic E-state index is -0.00298. The van der Waals surface area contributed by atoms with Crippen LogP contribution in [0.4, 0.5) is 0 Å². The Kier molecular flexibility index (Phi) is 5.05. The van der Waals surface area contributed by atoms with Crippen LogP contribution in [0.1, 0.15) is 22.4 Å². The lowest BCUT2D eigenvalue weighted by Crippen LogP contribution is -2.45. The van der Waals surface area contributed by atoms with Crippen molar-refractivity contribution >= 4 is 5.65 Å². The molecular formula is C22H26N4O. The van der Waals surface area contributed by atoms with E-state index in [-0.39, 0.29) is 5.56 Å². The van der Waals surface area contributed by atoms with Gasteiger partial charge in [-0.3, -0.25) is 19.0 Å². The molecule has 1 saturated heterocycles. The summed E-state index contributed by atoms with van der Waals surface area (Å²) >= 11 is 0. The van der Waals surface area contributed by atoms with Crippen molar-refractivity contribution in [2.45, 2.75) is 26.9 Å². The van der Waals surface area contributed by atoms with E-state index in [1.807, 2.05) is 25.3 Å². The summed E-state index contributed by atoms with van der Waals surface area (Å²) in [5.41, 5.74) is 5.33. The second kappa shape index (κ2) is 7.62. The van der Waals surface area contributed by atoms with Gasteiger partial charge in [-0.2, -0.15) is 0 Å². The van der Waals surface area contributed by atoms with Gasteiger partial charge in [0, 0.05) is 51.5 Å². The summed E-state index contributed by atoms with van der Waals surface area (Å²) in [7, 11) is 0. The molecule has 1 aromatic carbocycles. The number of benzene rings is 1. The fourth-order valence-corrected chi connectivity index (χ4v) is 3.74. The van der Waals surface area contributed by atoms with Crippen molar-refractivity contribution in [2.24, 2.45) is 0 Å². The molecule has 3 heterocycles. The lowest BCUT2D eigenvalue weighted by Gasteiger charge is -2.34. The molecule has 0 N–H and O–H groups in total. The number of aromatic nitrogens is 2. The first-order chi connectivity index (χ1) is 13.1. The van der Waals surface area contributed by atoms with Crippen LogP contribution in [0.2, 0.25) is 0 Å². The summed E-state index contributed by atoms with van der Waals surface area (Å²) in [6.07, 6.45) is 1.85. The largest absolute Gasteiger partial charge is 0.297 e. The van der Waals surface area contributed by atoms with Crippen LogP contribution in [0, 0.1) is 13.8 Å². The second-order valence-electron chi connectivity index (χ2n) is 7.56. The molecule has 2 aromatic heterocycles. The average Bonchev–Trinajstić information content (AvgIpc) is 2.64. The van der Waals surface area contributed by atoms with Crippen LogP contribution < -0.4 is 5.56 Å². The Morgan fingerprint density at radius 1 is 0.889 bits per heavy atom. The normalized spacial score (nSPS) is 16.1. The summed E-state index contributed by atoms with van der Waals surface area (Å²) < 4.78 is 1.62. The molecule has 0 unspecified atom stereocenters. The standard InChI is InChI=1S/C22H26N4O/c1-17-4-3-5-19(12-17)15-24-8-10-25(11-9-24)16-20-13-22(27)26-14-18(2)6-7-21(26)23-20/h3-7,12-14H,8-11,15-16H2,1-2H3. The Labute approximate surface area is 159 Å². The third-order valence-corrected chi connectivity index (χ3v) is 5.20. The molecule has 5 nitrogen and oxygen atoms in total. The smallest absolute Gasteiger partial charge is 0.258 e. The number of aryl methyl sites for hydroxylation is 2. The third-order valence-electron chi connectivity index (χ3n) is 5.20. The Morgan fingerprint density at radius 2 is 1.63 bits per heavy atom. The SMILES string of the molecule is Cc1cccc(CN2CCN(Cc3cc(=O)n4cc(C)ccc4n3)CC2)c1. The highest BCUT2D eigenvalue weighted by atomic mass is 16.1. The van der Waals surface area contributed by atoms with E-state index in [1.165, 1.54) is 11.1 Å². The highest BCUT2D eigenvalue weighted by Gasteiger charge is 2.18. The molecule has 0 spiro atoms. The van der Waals surface area contributed by atoms with Crippen molar-refractivity contribution in [3.05, 3.63) is 81.4 Å². The Hall–Kier alpha value is -2.50. The Balaban J connectivity index is 1.38. The molecule has 140 valence electrons. The van der Waals surface area contributed by atoms with E-state index in [0.29, 0.717) is 0 Å². The summed E-state index contributed by atoms with van der Waals surface area (Å²) in [5.74, 6) is 0. The summed E-state index contributed by atoms with van der Waals surface area (Å²) in [6.45, 7) is 9.95. The summed E-state index contributed by atoms with van der Waals surface area (Å²) in [6, 6.07) is 14.3. The maximum Gasteiger partial charge on any atom is 0.258 e. The minimum absolute atomic E-state index is 0.00298. The maximum atomic E-state index is 12.4. The molecule has 0 saturated carbocycles. The van der Waals surface area contributed by atoms with Crippen LogP contribution in [-0.4, -0.2) is 45.4 Å². The van der Waals surface area contributed by atoms with Crippen LogP contribution in [-0.2, 0) is 13.1 Å². The van der Waals surface area contributed by atoms with Gasteiger partial charge in [0.05, 0.1) is 5.69 Å². The van der Waals surface area contributed by atoms with E-state index in [4.69, 9.17) is 0 Å². The fourth-order valence-electron chi connectivity index (χ4n) is 3.74. The zero-order valence-corrected chi connectivity index (χ0v) is 16.1. The van der Waals surface area contributed by atoms with Gasteiger partial charge in [0.2, 0.25) is 0 Å². The van der Waals surface area contributed by atoms with E-state index in [1.54, 1.807) is 10.5 Å². The highest BCUT2D eigenvalue weighted by Crippen LogP contribution is 2.12. The number of piperazine rings is 1. The molecule has 0 amide bonds. The van der Waals surface area contributed by atoms with Gasteiger partial charge in [-0.25, -0.2) is 4.98 Å². The molecule has 1 aliphatic heterocycles. The number of nitrogens with zero attached hydrogens (tertiary/aromatic N) is 4. The van der Waals surface area contributed by atoms with Crippen molar-refractivity contribution in [1.82, 2.24) is 19.2 Å². The van der Waals surface area contributed by atoms with Crippen molar-refractivity contribution in [3.63, 3.8) is 0 Å². The van der Waals surface area contributed by atoms with Crippen LogP contribution in [0.3, 0.4) is 0 Å². The topological polar surface area (TPSA) is 40.9 Å². The molecule has 5 heteroatoms. The summed E-state index contributed by atoms with van der Waals surface area (Å²) in [4.78, 5) is 21.9. The molecule has 4 rings (SSSR count). The average molecular weight is 362 g/mol. The van der Waals surface area contributed by atoms with Gasteiger partial charge in [0.15, 0.2) is 0 Å². The van der Waals surface area contributed by atoms with E-state index in [9.17, 15) is 4.79 Å². The fraction of sp³-hybridized carbons (Fsp3) is 0.364. The zero-order valence-electron chi connectivity index (χ0n) is 16.1. The third kappa shape index (κ3) is 4.26. The quantitative estimate of drug-likeness (QED) is 0.715. The van der Waals surface area contributed by atoms with E-state index in [0.717, 1.165) is 56.2 Å². The molecule has 1 aliphatic rings. The van der Waals surface area contributed by atoms with E-state index >= 15 is 0 Å². The molecule has 0 bridgehead atoms. The van der Waals surface area contributed by atoms with Gasteiger partial charge in [-0.1, -0.05) is 35.9 Å². The molecule has 3 aromatic rings. The molecule has 27 heavy (non-hydrogen) atoms. The van der Waals surface area contributed by atoms with Crippen LogP contribution in [0.25, 0.3) is 5.65 Å². The first-order valence-corrected chi connectivity index (χ1v) is 9.56. The van der Waals surface area contributed by atoms with Gasteiger partial charge < -0.3 is 0 Å². The van der Waals surface area contributed by atoms with E-state index < -0.39 is 0 Å². The van der Waals surface area contributed by atoms with Crippen LogP contribution >= 0.6 is 0 Å². The lowest BCUT2D eigenvalue weighted by atomic mass is 10.1. The summed E-state index contributed by atoms with van der Waals surface area (Å²) in [5, 5.41) is 0. The zero-order chi connectivity index (χ0) is 18.8. The number of hydrogen-bond donors (Lipinski definition) is 0. The van der Waals surface area contributed by atoms with Crippen molar-refractivity contribution < 1.29 is 0 Å². The van der Waals surface area contributed by atoms with Crippen molar-refractivity contribution in [1.29, 1.82) is 0 Å².